The molecule has 1 amide bonds. The van der Waals surface area contributed by atoms with Crippen LogP contribution in [0.5, 0.6) is 11.5 Å². The number of anilines is 1. The van der Waals surface area contributed by atoms with Gasteiger partial charge in [-0.2, -0.15) is 0 Å². The molecule has 3 rings (SSSR count). The van der Waals surface area contributed by atoms with Crippen molar-refractivity contribution in [2.24, 2.45) is 0 Å². The topological polar surface area (TPSA) is 131 Å². The van der Waals surface area contributed by atoms with E-state index in [2.05, 4.69) is 5.32 Å². The van der Waals surface area contributed by atoms with Gasteiger partial charge >= 0.3 is 5.97 Å². The normalized spacial score (nSPS) is 13.4. The number of methoxy groups -OCH3 is 1. The number of hydrogen-bond acceptors (Lipinski definition) is 8. The molecule has 1 aliphatic heterocycles. The Labute approximate surface area is 190 Å². The molecule has 174 valence electrons. The third-order valence-electron chi connectivity index (χ3n) is 5.32. The Hall–Kier alpha value is -3.92. The molecule has 0 bridgehead atoms. The van der Waals surface area contributed by atoms with E-state index < -0.39 is 16.8 Å². The number of amides is 1. The van der Waals surface area contributed by atoms with E-state index in [4.69, 9.17) is 9.47 Å². The fourth-order valence-electron chi connectivity index (χ4n) is 3.55. The molecule has 0 saturated carbocycles. The maximum atomic E-state index is 12.8. The summed E-state index contributed by atoms with van der Waals surface area (Å²) >= 11 is 0. The fourth-order valence-corrected chi connectivity index (χ4v) is 3.55. The molecule has 2 aromatic carbocycles. The van der Waals surface area contributed by atoms with Crippen molar-refractivity contribution < 1.29 is 29.1 Å². The van der Waals surface area contributed by atoms with E-state index in [0.717, 1.165) is 16.7 Å². The Bertz CT molecular complexity index is 1160. The van der Waals surface area contributed by atoms with Crippen LogP contribution >= 0.6 is 0 Å². The first-order valence-electron chi connectivity index (χ1n) is 10.2. The molecule has 33 heavy (non-hydrogen) atoms. The van der Waals surface area contributed by atoms with E-state index in [1.54, 1.807) is 0 Å². The second-order valence-corrected chi connectivity index (χ2v) is 7.70. The Morgan fingerprint density at radius 2 is 1.94 bits per heavy atom. The van der Waals surface area contributed by atoms with Gasteiger partial charge in [-0.05, 0) is 43.5 Å². The number of carbonyl (C=O) groups is 2. The number of nitrogens with zero attached hydrogens (tertiary/aromatic N) is 2. The number of rotatable bonds is 8. The lowest BCUT2D eigenvalue weighted by molar-refractivity contribution is -0.384. The van der Waals surface area contributed by atoms with Crippen LogP contribution < -0.4 is 10.1 Å². The molecular formula is C23H25N3O7. The van der Waals surface area contributed by atoms with E-state index in [-0.39, 0.29) is 48.1 Å². The predicted octanol–water partition coefficient (Wildman–Crippen LogP) is 2.99. The molecule has 2 aromatic rings. The van der Waals surface area contributed by atoms with Crippen LogP contribution in [-0.4, -0.2) is 53.6 Å². The minimum absolute atomic E-state index is 0.0276. The van der Waals surface area contributed by atoms with Gasteiger partial charge in [0.05, 0.1) is 36.8 Å². The number of ether oxygens (including phenoxy) is 2. The number of aliphatic hydroxyl groups is 1. The lowest BCUT2D eigenvalue weighted by Gasteiger charge is -2.16. The number of esters is 1. The Kier molecular flexibility index (Phi) is 6.98. The van der Waals surface area contributed by atoms with Crippen LogP contribution in [0.3, 0.4) is 0 Å². The van der Waals surface area contributed by atoms with Crippen molar-refractivity contribution in [2.45, 2.75) is 20.8 Å². The maximum absolute atomic E-state index is 12.8. The van der Waals surface area contributed by atoms with Crippen molar-refractivity contribution in [3.8, 4) is 11.5 Å². The molecule has 0 aliphatic carbocycles. The number of nitro benzene ring substituents is 1. The maximum Gasteiger partial charge on any atom is 0.337 e. The van der Waals surface area contributed by atoms with Gasteiger partial charge in [0, 0.05) is 24.4 Å². The average Bonchev–Trinajstić information content (AvgIpc) is 3.06. The second kappa shape index (κ2) is 9.70. The summed E-state index contributed by atoms with van der Waals surface area (Å²) < 4.78 is 10.7. The second-order valence-electron chi connectivity index (χ2n) is 7.70. The van der Waals surface area contributed by atoms with Crippen LogP contribution in [0.1, 0.15) is 16.7 Å². The van der Waals surface area contributed by atoms with E-state index in [0.29, 0.717) is 5.75 Å². The summed E-state index contributed by atoms with van der Waals surface area (Å²) in [5, 5.41) is 23.5. The highest BCUT2D eigenvalue weighted by Crippen LogP contribution is 2.34. The first kappa shape index (κ1) is 23.7. The molecule has 0 spiro atoms. The number of hydrogen-bond donors (Lipinski definition) is 2. The molecule has 0 radical (unpaired) electrons. The number of benzene rings is 2. The number of carbonyl (C=O) groups excluding carboxylic acids is 2. The molecule has 0 aromatic heterocycles. The van der Waals surface area contributed by atoms with Crippen molar-refractivity contribution in [3.05, 3.63) is 68.4 Å². The van der Waals surface area contributed by atoms with Crippen LogP contribution in [0, 0.1) is 30.9 Å². The largest absolute Gasteiger partial charge is 0.466 e. The highest BCUT2D eigenvalue weighted by atomic mass is 16.6. The quantitative estimate of drug-likeness (QED) is 0.353. The lowest BCUT2D eigenvalue weighted by Crippen LogP contribution is -2.31. The van der Waals surface area contributed by atoms with Crippen LogP contribution in [0.15, 0.2) is 41.6 Å². The highest BCUT2D eigenvalue weighted by Gasteiger charge is 2.34. The molecular weight excluding hydrogens is 430 g/mol. The van der Waals surface area contributed by atoms with Crippen LogP contribution in [0.25, 0.3) is 0 Å². The number of nitro groups is 1. The van der Waals surface area contributed by atoms with Crippen LogP contribution in [0.2, 0.25) is 0 Å². The zero-order valence-corrected chi connectivity index (χ0v) is 18.8. The summed E-state index contributed by atoms with van der Waals surface area (Å²) in [6.45, 7) is 5.46. The van der Waals surface area contributed by atoms with Crippen molar-refractivity contribution >= 4 is 23.3 Å². The van der Waals surface area contributed by atoms with Crippen LogP contribution in [0.4, 0.5) is 11.4 Å². The van der Waals surface area contributed by atoms with E-state index >= 15 is 0 Å². The van der Waals surface area contributed by atoms with Crippen molar-refractivity contribution in [1.82, 2.24) is 4.90 Å². The molecule has 0 atom stereocenters. The minimum Gasteiger partial charge on any atom is -0.466 e. The Morgan fingerprint density at radius 1 is 1.21 bits per heavy atom. The smallest absolute Gasteiger partial charge is 0.337 e. The number of non-ortho nitro benzene ring substituents is 1. The summed E-state index contributed by atoms with van der Waals surface area (Å²) in [4.78, 5) is 37.2. The molecule has 10 heteroatoms. The number of nitrogens with one attached hydrogen (secondary N) is 1. The molecule has 1 aliphatic rings. The third-order valence-corrected chi connectivity index (χ3v) is 5.32. The number of β-amino-alcohol motifs (C(OH)–C–C–N with tert-alkyl or cyclic N) is 1. The Balaban J connectivity index is 2.01. The van der Waals surface area contributed by atoms with Gasteiger partial charge in [-0.15, -0.1) is 0 Å². The van der Waals surface area contributed by atoms with E-state index in [9.17, 15) is 24.8 Å². The number of aliphatic hydroxyl groups excluding tert-OH is 1. The zero-order valence-electron chi connectivity index (χ0n) is 18.8. The summed E-state index contributed by atoms with van der Waals surface area (Å²) in [7, 11) is 1.19. The van der Waals surface area contributed by atoms with Gasteiger partial charge in [-0.25, -0.2) is 4.79 Å². The molecule has 0 unspecified atom stereocenters. The first-order chi connectivity index (χ1) is 15.6. The zero-order chi connectivity index (χ0) is 24.3. The monoisotopic (exact) mass is 455 g/mol. The molecule has 1 heterocycles. The summed E-state index contributed by atoms with van der Waals surface area (Å²) in [5.41, 5.74) is 2.82. The summed E-state index contributed by atoms with van der Waals surface area (Å²) in [6.07, 6.45) is 0. The molecule has 0 saturated heterocycles. The van der Waals surface area contributed by atoms with Gasteiger partial charge in [0.1, 0.15) is 17.2 Å². The van der Waals surface area contributed by atoms with Gasteiger partial charge in [-0.3, -0.25) is 14.9 Å². The van der Waals surface area contributed by atoms with Gasteiger partial charge in [0.25, 0.3) is 11.6 Å². The molecule has 0 fully saturated rings. The van der Waals surface area contributed by atoms with Crippen molar-refractivity contribution in [3.63, 3.8) is 0 Å². The molecule has 2 N–H and O–H groups in total. The first-order valence-corrected chi connectivity index (χ1v) is 10.2. The van der Waals surface area contributed by atoms with Gasteiger partial charge in [0.15, 0.2) is 0 Å². The van der Waals surface area contributed by atoms with Gasteiger partial charge in [0.2, 0.25) is 0 Å². The molecule has 10 nitrogen and oxygen atoms in total. The third kappa shape index (κ3) is 5.12. The van der Waals surface area contributed by atoms with E-state index in [1.165, 1.54) is 30.2 Å². The highest BCUT2D eigenvalue weighted by molar-refractivity contribution is 6.08. The van der Waals surface area contributed by atoms with Crippen LogP contribution in [-0.2, 0) is 14.3 Å². The minimum atomic E-state index is -0.709. The van der Waals surface area contributed by atoms with E-state index in [1.807, 2.05) is 32.9 Å². The predicted molar refractivity (Wildman–Crippen MR) is 120 cm³/mol. The summed E-state index contributed by atoms with van der Waals surface area (Å²) in [5.74, 6) is -0.486. The fraction of sp³-hybridized carbons (Fsp3) is 0.304. The van der Waals surface area contributed by atoms with Crippen molar-refractivity contribution in [2.75, 3.05) is 32.1 Å². The summed E-state index contributed by atoms with van der Waals surface area (Å²) in [6, 6.07) is 7.87. The SMILES string of the molecule is COC(=O)C1=C(Nc2cc(Oc3cc(C)cc(C)c3C)cc([N+](=O)[O-])c2)C(=O)N(CCO)C1. The Morgan fingerprint density at radius 3 is 2.58 bits per heavy atom. The standard InChI is InChI=1S/C23H25N3O7/c1-13-7-14(2)15(3)20(8-13)33-18-10-16(9-17(11-18)26(30)31)24-21-19(23(29)32-4)12-25(5-6-27)22(21)28/h7-11,24,27H,5-6,12H2,1-4H3. The average molecular weight is 455 g/mol. The van der Waals surface area contributed by atoms with Gasteiger partial charge in [-0.1, -0.05) is 6.07 Å². The lowest BCUT2D eigenvalue weighted by atomic mass is 10.1. The van der Waals surface area contributed by atoms with Gasteiger partial charge < -0.3 is 24.8 Å². The number of aryl methyl sites for hydroxylation is 2. The van der Waals surface area contributed by atoms with Crippen molar-refractivity contribution in [1.29, 1.82) is 0 Å².